The molecule has 2 fully saturated rings. The number of hydrogen-bond donors (Lipinski definition) is 2. The zero-order valence-corrected chi connectivity index (χ0v) is 20.2. The standard InChI is InChI=1S/C26H39N7/c1-3-27-26(30-20-24-10-7-13-33(24)21-22-8-5-4-6-9-22)29-19-23-11-12-28-25(18-23)32-16-14-31(2)15-17-32/h4-6,8-9,11-12,18,24H,3,7,10,13-17,19-21H2,1-2H3,(H2,27,29,30). The second kappa shape index (κ2) is 12.0. The summed E-state index contributed by atoms with van der Waals surface area (Å²) in [7, 11) is 2.18. The average molecular weight is 450 g/mol. The number of likely N-dealkylation sites (tertiary alicyclic amines) is 1. The van der Waals surface area contributed by atoms with E-state index in [4.69, 9.17) is 4.99 Å². The Labute approximate surface area is 198 Å². The van der Waals surface area contributed by atoms with Crippen molar-refractivity contribution in [1.82, 2.24) is 25.4 Å². The third-order valence-electron chi connectivity index (χ3n) is 6.63. The molecular weight excluding hydrogens is 410 g/mol. The van der Waals surface area contributed by atoms with E-state index < -0.39 is 0 Å². The van der Waals surface area contributed by atoms with Crippen LogP contribution in [0.15, 0.2) is 53.7 Å². The van der Waals surface area contributed by atoms with Crippen LogP contribution in [-0.2, 0) is 13.1 Å². The van der Waals surface area contributed by atoms with Crippen LogP contribution in [0.25, 0.3) is 0 Å². The van der Waals surface area contributed by atoms with E-state index in [0.29, 0.717) is 12.6 Å². The molecule has 1 atom stereocenters. The van der Waals surface area contributed by atoms with Crippen molar-refractivity contribution in [3.8, 4) is 0 Å². The molecule has 2 saturated heterocycles. The van der Waals surface area contributed by atoms with E-state index in [1.165, 1.54) is 30.5 Å². The van der Waals surface area contributed by atoms with E-state index in [0.717, 1.165) is 57.6 Å². The molecule has 2 N–H and O–H groups in total. The maximum atomic E-state index is 4.87. The number of hydrogen-bond acceptors (Lipinski definition) is 5. The van der Waals surface area contributed by atoms with Crippen LogP contribution in [0.5, 0.6) is 0 Å². The van der Waals surface area contributed by atoms with Crippen LogP contribution < -0.4 is 15.5 Å². The first-order chi connectivity index (χ1) is 16.2. The number of nitrogens with one attached hydrogen (secondary N) is 2. The molecule has 7 heteroatoms. The predicted molar refractivity (Wildman–Crippen MR) is 137 cm³/mol. The molecule has 2 aliphatic heterocycles. The van der Waals surface area contributed by atoms with E-state index >= 15 is 0 Å². The van der Waals surface area contributed by atoms with E-state index in [2.05, 4.69) is 86.8 Å². The summed E-state index contributed by atoms with van der Waals surface area (Å²) in [6, 6.07) is 15.6. The number of guanidine groups is 1. The summed E-state index contributed by atoms with van der Waals surface area (Å²) in [6.45, 7) is 11.0. The number of piperazine rings is 1. The number of aromatic nitrogens is 1. The highest BCUT2D eigenvalue weighted by Crippen LogP contribution is 2.19. The molecule has 0 saturated carbocycles. The normalized spacial score (nSPS) is 20.2. The molecule has 1 aromatic heterocycles. The molecule has 7 nitrogen and oxygen atoms in total. The summed E-state index contributed by atoms with van der Waals surface area (Å²) in [5.74, 6) is 1.96. The summed E-state index contributed by atoms with van der Waals surface area (Å²) in [6.07, 6.45) is 4.41. The highest BCUT2D eigenvalue weighted by atomic mass is 15.3. The Morgan fingerprint density at radius 3 is 2.64 bits per heavy atom. The van der Waals surface area contributed by atoms with Crippen molar-refractivity contribution in [2.24, 2.45) is 4.99 Å². The first kappa shape index (κ1) is 23.5. The largest absolute Gasteiger partial charge is 0.357 e. The molecule has 1 aromatic carbocycles. The lowest BCUT2D eigenvalue weighted by Gasteiger charge is -2.33. The Bertz CT molecular complexity index is 877. The van der Waals surface area contributed by atoms with Crippen molar-refractivity contribution in [2.75, 3.05) is 57.8 Å². The molecule has 1 unspecified atom stereocenters. The van der Waals surface area contributed by atoms with Crippen molar-refractivity contribution >= 4 is 11.8 Å². The van der Waals surface area contributed by atoms with Crippen molar-refractivity contribution in [3.05, 3.63) is 59.8 Å². The van der Waals surface area contributed by atoms with Gasteiger partial charge in [0.2, 0.25) is 0 Å². The lowest BCUT2D eigenvalue weighted by Crippen LogP contribution is -2.45. The Balaban J connectivity index is 1.32. The van der Waals surface area contributed by atoms with Gasteiger partial charge in [-0.2, -0.15) is 0 Å². The number of anilines is 1. The molecule has 0 aliphatic carbocycles. The molecule has 0 bridgehead atoms. The minimum absolute atomic E-state index is 0.541. The fraction of sp³-hybridized carbons (Fsp3) is 0.538. The molecule has 2 aromatic rings. The molecule has 2 aliphatic rings. The zero-order valence-electron chi connectivity index (χ0n) is 20.2. The number of likely N-dealkylation sites (N-methyl/N-ethyl adjacent to an activating group) is 1. The molecule has 0 amide bonds. The smallest absolute Gasteiger partial charge is 0.191 e. The highest BCUT2D eigenvalue weighted by molar-refractivity contribution is 5.79. The first-order valence-corrected chi connectivity index (χ1v) is 12.4. The maximum Gasteiger partial charge on any atom is 0.191 e. The maximum absolute atomic E-state index is 4.87. The average Bonchev–Trinajstić information content (AvgIpc) is 3.29. The molecule has 178 valence electrons. The van der Waals surface area contributed by atoms with Gasteiger partial charge < -0.3 is 20.4 Å². The predicted octanol–water partition coefficient (Wildman–Crippen LogP) is 2.55. The van der Waals surface area contributed by atoms with Crippen molar-refractivity contribution in [1.29, 1.82) is 0 Å². The SMILES string of the molecule is CCNC(=NCc1ccnc(N2CCN(C)CC2)c1)NCC1CCCN1Cc1ccccc1. The van der Waals surface area contributed by atoms with Gasteiger partial charge in [0.05, 0.1) is 6.54 Å². The monoisotopic (exact) mass is 449 g/mol. The number of pyridine rings is 1. The van der Waals surface area contributed by atoms with Crippen molar-refractivity contribution < 1.29 is 0 Å². The van der Waals surface area contributed by atoms with Gasteiger partial charge in [-0.15, -0.1) is 0 Å². The number of rotatable bonds is 8. The second-order valence-electron chi connectivity index (χ2n) is 9.14. The van der Waals surface area contributed by atoms with Crippen molar-refractivity contribution in [3.63, 3.8) is 0 Å². The summed E-state index contributed by atoms with van der Waals surface area (Å²) in [5.41, 5.74) is 2.58. The third kappa shape index (κ3) is 6.92. The number of aliphatic imine (C=N–C) groups is 1. The van der Waals surface area contributed by atoms with Crippen LogP contribution in [0, 0.1) is 0 Å². The van der Waals surface area contributed by atoms with Crippen LogP contribution in [0.1, 0.15) is 30.9 Å². The zero-order chi connectivity index (χ0) is 22.9. The lowest BCUT2D eigenvalue weighted by molar-refractivity contribution is 0.245. The summed E-state index contributed by atoms with van der Waals surface area (Å²) in [4.78, 5) is 16.8. The third-order valence-corrected chi connectivity index (χ3v) is 6.63. The van der Waals surface area contributed by atoms with Crippen LogP contribution in [0.4, 0.5) is 5.82 Å². The van der Waals surface area contributed by atoms with Gasteiger partial charge in [-0.3, -0.25) is 4.90 Å². The van der Waals surface area contributed by atoms with Crippen LogP contribution >= 0.6 is 0 Å². The fourth-order valence-electron chi connectivity index (χ4n) is 4.65. The van der Waals surface area contributed by atoms with Gasteiger partial charge in [0.15, 0.2) is 5.96 Å². The molecule has 4 rings (SSSR count). The first-order valence-electron chi connectivity index (χ1n) is 12.4. The Morgan fingerprint density at radius 2 is 1.85 bits per heavy atom. The van der Waals surface area contributed by atoms with Gasteiger partial charge in [-0.1, -0.05) is 30.3 Å². The molecule has 0 spiro atoms. The van der Waals surface area contributed by atoms with Crippen LogP contribution in [0.2, 0.25) is 0 Å². The van der Waals surface area contributed by atoms with Gasteiger partial charge >= 0.3 is 0 Å². The van der Waals surface area contributed by atoms with Gasteiger partial charge in [0, 0.05) is 58.1 Å². The van der Waals surface area contributed by atoms with Crippen LogP contribution in [-0.4, -0.2) is 79.6 Å². The van der Waals surface area contributed by atoms with Gasteiger partial charge in [0.1, 0.15) is 5.82 Å². The lowest BCUT2D eigenvalue weighted by atomic mass is 10.2. The molecular formula is C26H39N7. The van der Waals surface area contributed by atoms with Gasteiger partial charge in [-0.05, 0) is 56.6 Å². The Hall–Kier alpha value is -2.64. The molecule has 33 heavy (non-hydrogen) atoms. The summed E-state index contributed by atoms with van der Waals surface area (Å²) < 4.78 is 0. The molecule has 0 radical (unpaired) electrons. The van der Waals surface area contributed by atoms with Crippen molar-refractivity contribution in [2.45, 2.75) is 38.9 Å². The molecule has 3 heterocycles. The minimum Gasteiger partial charge on any atom is -0.357 e. The van der Waals surface area contributed by atoms with Crippen LogP contribution in [0.3, 0.4) is 0 Å². The number of nitrogens with zero attached hydrogens (tertiary/aromatic N) is 5. The summed E-state index contributed by atoms with van der Waals surface area (Å²) in [5, 5.41) is 7.01. The summed E-state index contributed by atoms with van der Waals surface area (Å²) >= 11 is 0. The minimum atomic E-state index is 0.541. The second-order valence-corrected chi connectivity index (χ2v) is 9.14. The number of benzene rings is 1. The Morgan fingerprint density at radius 1 is 1.03 bits per heavy atom. The fourth-order valence-corrected chi connectivity index (χ4v) is 4.65. The highest BCUT2D eigenvalue weighted by Gasteiger charge is 2.24. The van der Waals surface area contributed by atoms with E-state index in [1.54, 1.807) is 0 Å². The topological polar surface area (TPSA) is 59.0 Å². The van der Waals surface area contributed by atoms with Gasteiger partial charge in [0.25, 0.3) is 0 Å². The quantitative estimate of drug-likeness (QED) is 0.477. The Kier molecular flexibility index (Phi) is 8.55. The van der Waals surface area contributed by atoms with Gasteiger partial charge in [-0.25, -0.2) is 9.98 Å². The van der Waals surface area contributed by atoms with E-state index in [-0.39, 0.29) is 0 Å². The van der Waals surface area contributed by atoms with E-state index in [9.17, 15) is 0 Å². The van der Waals surface area contributed by atoms with E-state index in [1.807, 2.05) is 6.20 Å².